The van der Waals surface area contributed by atoms with Crippen LogP contribution in [0.1, 0.15) is 45.7 Å². The number of fused-ring (bicyclic) bond motifs is 2. The van der Waals surface area contributed by atoms with Crippen LogP contribution in [0.3, 0.4) is 0 Å². The Bertz CT molecular complexity index is 1160. The van der Waals surface area contributed by atoms with Crippen molar-refractivity contribution in [3.05, 3.63) is 68.6 Å². The van der Waals surface area contributed by atoms with E-state index < -0.39 is 8.07 Å². The van der Waals surface area contributed by atoms with Gasteiger partial charge in [0.05, 0.1) is 5.25 Å². The summed E-state index contributed by atoms with van der Waals surface area (Å²) in [6.45, 7) is 18.5. The first-order valence-corrected chi connectivity index (χ1v) is 15.6. The van der Waals surface area contributed by atoms with Gasteiger partial charge in [-0.15, -0.1) is 23.1 Å². The van der Waals surface area contributed by atoms with Crippen LogP contribution in [0.2, 0.25) is 12.1 Å². The summed E-state index contributed by atoms with van der Waals surface area (Å²) in [7, 11) is -2.04. The van der Waals surface area contributed by atoms with Gasteiger partial charge in [-0.05, 0) is 55.9 Å². The lowest BCUT2D eigenvalue weighted by atomic mass is 9.85. The van der Waals surface area contributed by atoms with Crippen LogP contribution in [0.15, 0.2) is 47.7 Å². The highest BCUT2D eigenvalue weighted by Gasteiger charge is 2.46. The third kappa shape index (κ3) is 3.61. The van der Waals surface area contributed by atoms with Crippen LogP contribution in [-0.4, -0.2) is 19.9 Å². The molecule has 1 aliphatic carbocycles. The van der Waals surface area contributed by atoms with E-state index >= 15 is 0 Å². The van der Waals surface area contributed by atoms with E-state index in [1.165, 1.54) is 39.2 Å². The van der Waals surface area contributed by atoms with E-state index in [2.05, 4.69) is 83.2 Å². The smallest absolute Gasteiger partial charge is 0.123 e. The third-order valence-electron chi connectivity index (χ3n) is 6.85. The molecule has 1 atom stereocenters. The Morgan fingerprint density at radius 1 is 1.19 bits per heavy atom. The van der Waals surface area contributed by atoms with Crippen molar-refractivity contribution in [1.29, 1.82) is 0 Å². The van der Waals surface area contributed by atoms with Gasteiger partial charge < -0.3 is 4.74 Å². The number of hydrogen-bond donors (Lipinski definition) is 0. The quantitative estimate of drug-likeness (QED) is 0.377. The van der Waals surface area contributed by atoms with Gasteiger partial charge in [0.15, 0.2) is 0 Å². The molecule has 0 bridgehead atoms. The summed E-state index contributed by atoms with van der Waals surface area (Å²) in [6, 6.07) is 9.52. The molecule has 1 unspecified atom stereocenters. The monoisotopic (exact) mass is 466 g/mol. The molecular weight excluding hydrogens is 433 g/mol. The van der Waals surface area contributed by atoms with E-state index in [-0.39, 0.29) is 5.41 Å². The van der Waals surface area contributed by atoms with Crippen LogP contribution in [0.5, 0.6) is 5.75 Å². The van der Waals surface area contributed by atoms with Crippen LogP contribution in [0.4, 0.5) is 0 Å². The lowest BCUT2D eigenvalue weighted by Crippen LogP contribution is -2.53. The summed E-state index contributed by atoms with van der Waals surface area (Å²) >= 11 is 3.94. The summed E-state index contributed by atoms with van der Waals surface area (Å²) in [5.41, 5.74) is 4.21. The topological polar surface area (TPSA) is 9.23 Å². The predicted octanol–water partition coefficient (Wildman–Crippen LogP) is 5.80. The second-order valence-corrected chi connectivity index (χ2v) is 16.3. The molecule has 2 aliphatic rings. The molecule has 0 N–H and O–H groups in total. The van der Waals surface area contributed by atoms with Gasteiger partial charge in [-0.1, -0.05) is 83.1 Å². The Hall–Kier alpha value is -1.49. The van der Waals surface area contributed by atoms with Crippen LogP contribution in [0.25, 0.3) is 10.8 Å². The lowest BCUT2D eigenvalue weighted by molar-refractivity contribution is 0.353. The number of aryl methyl sites for hydroxylation is 1. The highest BCUT2D eigenvalue weighted by Crippen LogP contribution is 2.45. The maximum atomic E-state index is 6.53. The molecule has 0 spiro atoms. The number of rotatable bonds is 7. The molecule has 4 heteroatoms. The largest absolute Gasteiger partial charge is 0.489 e. The molecule has 4 rings (SSSR count). The Labute approximate surface area is 196 Å². The Kier molecular flexibility index (Phi) is 6.19. The van der Waals surface area contributed by atoms with Gasteiger partial charge in [0.2, 0.25) is 0 Å². The second-order valence-electron chi connectivity index (χ2n) is 9.68. The number of thioether (sulfide) groups is 1. The fourth-order valence-electron chi connectivity index (χ4n) is 5.28. The molecular formula is C27H34OS2Si. The molecule has 0 fully saturated rings. The Balaban J connectivity index is 2.06. The van der Waals surface area contributed by atoms with Gasteiger partial charge in [0.1, 0.15) is 20.4 Å². The van der Waals surface area contributed by atoms with Crippen molar-refractivity contribution in [3.8, 4) is 5.75 Å². The second kappa shape index (κ2) is 8.46. The van der Waals surface area contributed by atoms with Crippen LogP contribution >= 0.6 is 23.1 Å². The number of allylic oxidation sites excluding steroid dienone is 1. The van der Waals surface area contributed by atoms with Crippen molar-refractivity contribution in [2.24, 2.45) is 0 Å². The van der Waals surface area contributed by atoms with Crippen LogP contribution in [-0.2, 0) is 5.41 Å². The van der Waals surface area contributed by atoms with Crippen LogP contribution in [0, 0.1) is 6.92 Å². The molecule has 1 nitrogen and oxygen atoms in total. The average Bonchev–Trinajstić information content (AvgIpc) is 3.43. The van der Waals surface area contributed by atoms with Crippen molar-refractivity contribution in [2.45, 2.75) is 64.3 Å². The maximum absolute atomic E-state index is 6.53. The fourth-order valence-corrected chi connectivity index (χ4v) is 13.6. The first kappa shape index (κ1) is 22.7. The van der Waals surface area contributed by atoms with Gasteiger partial charge in [-0.2, -0.15) is 0 Å². The van der Waals surface area contributed by atoms with E-state index in [9.17, 15) is 0 Å². The van der Waals surface area contributed by atoms with Crippen LogP contribution < -0.4 is 19.7 Å². The molecule has 2 heterocycles. The summed E-state index contributed by atoms with van der Waals surface area (Å²) < 4.78 is 8.07. The van der Waals surface area contributed by atoms with Crippen molar-refractivity contribution in [3.63, 3.8) is 0 Å². The van der Waals surface area contributed by atoms with Gasteiger partial charge in [0, 0.05) is 4.53 Å². The summed E-state index contributed by atoms with van der Waals surface area (Å²) in [6.07, 6.45) is 4.23. The van der Waals surface area contributed by atoms with E-state index in [4.69, 9.17) is 4.74 Å². The summed E-state index contributed by atoms with van der Waals surface area (Å²) in [4.78, 5) is 0. The Morgan fingerprint density at radius 3 is 2.58 bits per heavy atom. The van der Waals surface area contributed by atoms with Gasteiger partial charge in [0.25, 0.3) is 0 Å². The van der Waals surface area contributed by atoms with E-state index in [1.54, 1.807) is 9.73 Å². The molecule has 1 aliphatic heterocycles. The molecule has 164 valence electrons. The van der Waals surface area contributed by atoms with E-state index in [0.717, 1.165) is 5.75 Å². The first-order chi connectivity index (χ1) is 14.8. The van der Waals surface area contributed by atoms with Gasteiger partial charge >= 0.3 is 0 Å². The normalized spacial score (nSPS) is 17.8. The van der Waals surface area contributed by atoms with Crippen molar-refractivity contribution in [1.82, 2.24) is 0 Å². The predicted molar refractivity (Wildman–Crippen MR) is 143 cm³/mol. The van der Waals surface area contributed by atoms with Crippen molar-refractivity contribution < 1.29 is 4.74 Å². The average molecular weight is 467 g/mol. The molecule has 0 saturated carbocycles. The zero-order valence-electron chi connectivity index (χ0n) is 19.7. The Morgan fingerprint density at radius 2 is 1.94 bits per heavy atom. The number of benzene rings is 1. The fraction of sp³-hybridized carbons (Fsp3) is 0.407. The van der Waals surface area contributed by atoms with Crippen molar-refractivity contribution in [2.75, 3.05) is 6.61 Å². The SMILES string of the molecule is C=CCOc1c(C(C)(C)C)cc(C)cc1[Si](CC)(CC)C1=c2sccc2=C2C=CSC21. The molecule has 0 saturated heterocycles. The third-order valence-corrected chi connectivity index (χ3v) is 14.6. The maximum Gasteiger partial charge on any atom is 0.123 e. The molecule has 2 aromatic rings. The van der Waals surface area contributed by atoms with Crippen molar-refractivity contribution >= 4 is 47.1 Å². The van der Waals surface area contributed by atoms with Gasteiger partial charge in [-0.25, -0.2) is 0 Å². The number of thiophene rings is 1. The minimum absolute atomic E-state index is 0.0221. The zero-order valence-corrected chi connectivity index (χ0v) is 22.3. The minimum atomic E-state index is -2.04. The highest BCUT2D eigenvalue weighted by atomic mass is 32.2. The highest BCUT2D eigenvalue weighted by molar-refractivity contribution is 8.04. The molecule has 31 heavy (non-hydrogen) atoms. The number of ether oxygens (including phenoxy) is 1. The standard InChI is InChI=1S/C27H34OS2Si/c1-8-13-28-23-21(27(5,6)7)16-18(4)17-22(23)31(9-2,10-3)26-24-19(11-14-29-24)20-12-15-30-25(20)26/h8,11-12,14-17,24H,1,9-10,13H2,2-7H3. The molecule has 1 aromatic carbocycles. The van der Waals surface area contributed by atoms with Gasteiger partial charge in [-0.3, -0.25) is 0 Å². The van der Waals surface area contributed by atoms with E-state index in [1.807, 2.05) is 29.2 Å². The molecule has 0 radical (unpaired) electrons. The number of hydrogen-bond acceptors (Lipinski definition) is 3. The first-order valence-electron chi connectivity index (χ1n) is 11.3. The zero-order chi connectivity index (χ0) is 22.4. The molecule has 0 amide bonds. The van der Waals surface area contributed by atoms with E-state index in [0.29, 0.717) is 11.9 Å². The lowest BCUT2D eigenvalue weighted by Gasteiger charge is -2.38. The summed E-state index contributed by atoms with van der Waals surface area (Å²) in [5.74, 6) is 1.13. The minimum Gasteiger partial charge on any atom is -0.489 e. The molecule has 1 aromatic heterocycles. The summed E-state index contributed by atoms with van der Waals surface area (Å²) in [5, 5.41) is 9.76.